The van der Waals surface area contributed by atoms with Gasteiger partial charge >= 0.3 is 0 Å². The van der Waals surface area contributed by atoms with Crippen molar-refractivity contribution < 1.29 is 14.3 Å². The highest BCUT2D eigenvalue weighted by molar-refractivity contribution is 7.00. The van der Waals surface area contributed by atoms with Gasteiger partial charge in [0.15, 0.2) is 6.61 Å². The first-order chi connectivity index (χ1) is 12.6. The predicted molar refractivity (Wildman–Crippen MR) is 101 cm³/mol. The van der Waals surface area contributed by atoms with Gasteiger partial charge in [-0.25, -0.2) is 0 Å². The maximum Gasteiger partial charge on any atom is 0.262 e. The Labute approximate surface area is 154 Å². The van der Waals surface area contributed by atoms with Gasteiger partial charge in [0, 0.05) is 6.54 Å². The standard InChI is InChI=1S/C18H18N4O3S/c1-3-19-18(24)12-7-4-6-11(2)17(12)25-10-15(23)20-13-8-5-9-14-16(13)22-26-21-14/h4-9H,3,10H2,1-2H3,(H,19,24)(H,20,23). The van der Waals surface area contributed by atoms with Crippen molar-refractivity contribution in [3.8, 4) is 5.75 Å². The molecular formula is C18H18N4O3S. The van der Waals surface area contributed by atoms with Gasteiger partial charge in [-0.15, -0.1) is 0 Å². The van der Waals surface area contributed by atoms with Crippen LogP contribution >= 0.6 is 11.7 Å². The second kappa shape index (κ2) is 7.92. The molecule has 2 aromatic carbocycles. The lowest BCUT2D eigenvalue weighted by molar-refractivity contribution is -0.118. The number of aromatic nitrogens is 2. The second-order valence-electron chi connectivity index (χ2n) is 5.59. The number of anilines is 1. The first-order valence-corrected chi connectivity index (χ1v) is 8.85. The van der Waals surface area contributed by atoms with Crippen molar-refractivity contribution in [1.82, 2.24) is 14.1 Å². The van der Waals surface area contributed by atoms with E-state index in [1.165, 1.54) is 0 Å². The van der Waals surface area contributed by atoms with Crippen LogP contribution in [-0.2, 0) is 4.79 Å². The normalized spacial score (nSPS) is 10.5. The summed E-state index contributed by atoms with van der Waals surface area (Å²) in [4.78, 5) is 24.5. The number of benzene rings is 2. The molecule has 0 fully saturated rings. The Hall–Kier alpha value is -3.00. The maximum absolute atomic E-state index is 12.3. The molecule has 0 spiro atoms. The summed E-state index contributed by atoms with van der Waals surface area (Å²) in [6, 6.07) is 10.7. The molecule has 0 saturated heterocycles. The van der Waals surface area contributed by atoms with Crippen LogP contribution in [-0.4, -0.2) is 33.7 Å². The summed E-state index contributed by atoms with van der Waals surface area (Å²) < 4.78 is 14.0. The Morgan fingerprint density at radius 1 is 1.15 bits per heavy atom. The summed E-state index contributed by atoms with van der Waals surface area (Å²) in [6.45, 7) is 3.97. The van der Waals surface area contributed by atoms with Crippen molar-refractivity contribution in [2.24, 2.45) is 0 Å². The van der Waals surface area contributed by atoms with Crippen molar-refractivity contribution in [1.29, 1.82) is 0 Å². The predicted octanol–water partition coefficient (Wildman–Crippen LogP) is 2.77. The molecule has 7 nitrogen and oxygen atoms in total. The molecule has 134 valence electrons. The maximum atomic E-state index is 12.3. The summed E-state index contributed by atoms with van der Waals surface area (Å²) in [5, 5.41) is 5.51. The lowest BCUT2D eigenvalue weighted by atomic mass is 10.1. The number of fused-ring (bicyclic) bond motifs is 1. The molecule has 0 bridgehead atoms. The summed E-state index contributed by atoms with van der Waals surface area (Å²) in [5.41, 5.74) is 3.15. The second-order valence-corrected chi connectivity index (χ2v) is 6.11. The molecule has 1 heterocycles. The van der Waals surface area contributed by atoms with Crippen molar-refractivity contribution in [2.45, 2.75) is 13.8 Å². The number of nitrogens with one attached hydrogen (secondary N) is 2. The third-order valence-electron chi connectivity index (χ3n) is 3.70. The molecule has 2 amide bonds. The highest BCUT2D eigenvalue weighted by Gasteiger charge is 2.16. The summed E-state index contributed by atoms with van der Waals surface area (Å²) in [5.74, 6) is -0.164. The van der Waals surface area contributed by atoms with Gasteiger partial charge in [-0.2, -0.15) is 8.75 Å². The van der Waals surface area contributed by atoms with Crippen LogP contribution in [0.3, 0.4) is 0 Å². The summed E-state index contributed by atoms with van der Waals surface area (Å²) in [7, 11) is 0. The van der Waals surface area contributed by atoms with Gasteiger partial charge in [0.05, 0.1) is 23.0 Å². The van der Waals surface area contributed by atoms with Crippen molar-refractivity contribution >= 4 is 40.3 Å². The van der Waals surface area contributed by atoms with Gasteiger partial charge in [-0.1, -0.05) is 18.2 Å². The topological polar surface area (TPSA) is 93.2 Å². The van der Waals surface area contributed by atoms with E-state index in [0.29, 0.717) is 29.1 Å². The number of hydrogen-bond acceptors (Lipinski definition) is 6. The smallest absolute Gasteiger partial charge is 0.262 e. The van der Waals surface area contributed by atoms with Crippen LogP contribution in [0.2, 0.25) is 0 Å². The van der Waals surface area contributed by atoms with Crippen LogP contribution in [0.5, 0.6) is 5.75 Å². The molecule has 0 aliphatic heterocycles. The number of amides is 2. The van der Waals surface area contributed by atoms with E-state index in [4.69, 9.17) is 4.74 Å². The van der Waals surface area contributed by atoms with Crippen LogP contribution in [0.25, 0.3) is 11.0 Å². The third kappa shape index (κ3) is 3.80. The van der Waals surface area contributed by atoms with Gasteiger partial charge in [0.2, 0.25) is 0 Å². The van der Waals surface area contributed by atoms with Gasteiger partial charge in [0.25, 0.3) is 11.8 Å². The van der Waals surface area contributed by atoms with Crippen molar-refractivity contribution in [3.05, 3.63) is 47.5 Å². The van der Waals surface area contributed by atoms with E-state index in [2.05, 4.69) is 19.4 Å². The van der Waals surface area contributed by atoms with E-state index < -0.39 is 0 Å². The zero-order valence-electron chi connectivity index (χ0n) is 14.4. The van der Waals surface area contributed by atoms with Crippen molar-refractivity contribution in [3.63, 3.8) is 0 Å². The van der Waals surface area contributed by atoms with Crippen LogP contribution < -0.4 is 15.4 Å². The lowest BCUT2D eigenvalue weighted by Gasteiger charge is -2.14. The minimum absolute atomic E-state index is 0.217. The van der Waals surface area contributed by atoms with E-state index in [1.54, 1.807) is 24.3 Å². The SMILES string of the molecule is CCNC(=O)c1cccc(C)c1OCC(=O)Nc1cccc2nsnc12. The molecule has 0 aliphatic rings. The molecule has 26 heavy (non-hydrogen) atoms. The number of nitrogens with zero attached hydrogens (tertiary/aromatic N) is 2. The molecule has 0 atom stereocenters. The molecule has 0 saturated carbocycles. The average molecular weight is 370 g/mol. The largest absolute Gasteiger partial charge is 0.483 e. The van der Waals surface area contributed by atoms with Crippen LogP contribution in [0.1, 0.15) is 22.8 Å². The van der Waals surface area contributed by atoms with Gasteiger partial charge < -0.3 is 15.4 Å². The first kappa shape index (κ1) is 17.8. The fraction of sp³-hybridized carbons (Fsp3) is 0.222. The van der Waals surface area contributed by atoms with E-state index in [1.807, 2.05) is 26.0 Å². The van der Waals surface area contributed by atoms with E-state index in [9.17, 15) is 9.59 Å². The van der Waals surface area contributed by atoms with E-state index >= 15 is 0 Å². The fourth-order valence-electron chi connectivity index (χ4n) is 2.51. The van der Waals surface area contributed by atoms with E-state index in [-0.39, 0.29) is 18.4 Å². The van der Waals surface area contributed by atoms with Crippen LogP contribution in [0, 0.1) is 6.92 Å². The number of carbonyl (C=O) groups is 2. The lowest BCUT2D eigenvalue weighted by Crippen LogP contribution is -2.25. The first-order valence-electron chi connectivity index (χ1n) is 8.12. The fourth-order valence-corrected chi connectivity index (χ4v) is 3.06. The van der Waals surface area contributed by atoms with E-state index in [0.717, 1.165) is 22.8 Å². The number of rotatable bonds is 6. The molecule has 3 aromatic rings. The molecule has 0 unspecified atom stereocenters. The Bertz CT molecular complexity index is 955. The number of carbonyl (C=O) groups excluding carboxylic acids is 2. The quantitative estimate of drug-likeness (QED) is 0.696. The Morgan fingerprint density at radius 3 is 2.77 bits per heavy atom. The Kier molecular flexibility index (Phi) is 5.43. The molecule has 2 N–H and O–H groups in total. The highest BCUT2D eigenvalue weighted by Crippen LogP contribution is 2.24. The molecular weight excluding hydrogens is 352 g/mol. The molecule has 1 aromatic heterocycles. The Morgan fingerprint density at radius 2 is 1.96 bits per heavy atom. The Balaban J connectivity index is 1.72. The molecule has 3 rings (SSSR count). The third-order valence-corrected chi connectivity index (χ3v) is 4.24. The summed E-state index contributed by atoms with van der Waals surface area (Å²) in [6.07, 6.45) is 0. The summed E-state index contributed by atoms with van der Waals surface area (Å²) >= 11 is 1.09. The minimum atomic E-state index is -0.337. The number of para-hydroxylation sites is 1. The monoisotopic (exact) mass is 370 g/mol. The molecule has 8 heteroatoms. The minimum Gasteiger partial charge on any atom is -0.483 e. The number of hydrogen-bond donors (Lipinski definition) is 2. The van der Waals surface area contributed by atoms with Crippen LogP contribution in [0.15, 0.2) is 36.4 Å². The van der Waals surface area contributed by atoms with Gasteiger partial charge in [-0.05, 0) is 37.6 Å². The zero-order chi connectivity index (χ0) is 18.5. The van der Waals surface area contributed by atoms with Crippen LogP contribution in [0.4, 0.5) is 5.69 Å². The average Bonchev–Trinajstić information content (AvgIpc) is 3.10. The van der Waals surface area contributed by atoms with Crippen molar-refractivity contribution in [2.75, 3.05) is 18.5 Å². The molecule has 0 radical (unpaired) electrons. The highest BCUT2D eigenvalue weighted by atomic mass is 32.1. The van der Waals surface area contributed by atoms with Gasteiger partial charge in [0.1, 0.15) is 16.8 Å². The van der Waals surface area contributed by atoms with Gasteiger partial charge in [-0.3, -0.25) is 9.59 Å². The molecule has 0 aliphatic carbocycles. The number of ether oxygens (including phenoxy) is 1. The number of aryl methyl sites for hydroxylation is 1. The zero-order valence-corrected chi connectivity index (χ0v) is 15.2.